The third-order valence-electron chi connectivity index (χ3n) is 3.48. The van der Waals surface area contributed by atoms with Crippen molar-refractivity contribution in [1.82, 2.24) is 4.90 Å². The summed E-state index contributed by atoms with van der Waals surface area (Å²) in [5.74, 6) is 0. The van der Waals surface area contributed by atoms with Crippen molar-refractivity contribution in [3.8, 4) is 0 Å². The van der Waals surface area contributed by atoms with E-state index in [0.717, 1.165) is 26.1 Å². The summed E-state index contributed by atoms with van der Waals surface area (Å²) >= 11 is 1.90. The molecule has 102 valence electrons. The second-order valence-corrected chi connectivity index (χ2v) is 6.69. The molecule has 1 aliphatic heterocycles. The van der Waals surface area contributed by atoms with E-state index in [0.29, 0.717) is 12.6 Å². The molecule has 2 N–H and O–H groups in total. The number of hydrogen-bond donors (Lipinski definition) is 1. The number of hydrogen-bond acceptors (Lipinski definition) is 4. The Balaban J connectivity index is 2.12. The van der Waals surface area contributed by atoms with Crippen molar-refractivity contribution in [2.75, 3.05) is 26.2 Å². The summed E-state index contributed by atoms with van der Waals surface area (Å²) in [4.78, 5) is 5.30. The summed E-state index contributed by atoms with van der Waals surface area (Å²) in [7, 11) is 0. The van der Waals surface area contributed by atoms with E-state index in [1.807, 2.05) is 11.3 Å². The molecule has 2 heterocycles. The standard InChI is InChI=1S/C14H24N2OS/c1-4-11-5-6-13(18-11)12(9-15)16-7-8-17-14(2,3)10-16/h5-6,12H,4,7-10,15H2,1-3H3. The number of nitrogens with two attached hydrogens (primary N) is 1. The van der Waals surface area contributed by atoms with Crippen molar-refractivity contribution in [2.45, 2.75) is 38.8 Å². The molecule has 1 aliphatic rings. The molecule has 1 aromatic heterocycles. The van der Waals surface area contributed by atoms with Crippen molar-refractivity contribution in [3.63, 3.8) is 0 Å². The highest BCUT2D eigenvalue weighted by Crippen LogP contribution is 2.30. The topological polar surface area (TPSA) is 38.5 Å². The van der Waals surface area contributed by atoms with E-state index in [9.17, 15) is 0 Å². The average Bonchev–Trinajstić information content (AvgIpc) is 2.77. The maximum atomic E-state index is 6.00. The molecule has 0 radical (unpaired) electrons. The number of rotatable bonds is 4. The third kappa shape index (κ3) is 3.12. The van der Waals surface area contributed by atoms with Gasteiger partial charge < -0.3 is 10.5 Å². The monoisotopic (exact) mass is 268 g/mol. The van der Waals surface area contributed by atoms with E-state index in [1.165, 1.54) is 9.75 Å². The van der Waals surface area contributed by atoms with E-state index >= 15 is 0 Å². The molecule has 0 amide bonds. The van der Waals surface area contributed by atoms with Crippen molar-refractivity contribution >= 4 is 11.3 Å². The molecule has 1 atom stereocenters. The first-order chi connectivity index (χ1) is 8.55. The Bertz CT molecular complexity index is 389. The lowest BCUT2D eigenvalue weighted by atomic mass is 10.0. The van der Waals surface area contributed by atoms with Gasteiger partial charge in [0.25, 0.3) is 0 Å². The Kier molecular flexibility index (Phi) is 4.43. The minimum Gasteiger partial charge on any atom is -0.373 e. The minimum atomic E-state index is -0.0590. The van der Waals surface area contributed by atoms with Crippen molar-refractivity contribution < 1.29 is 4.74 Å². The minimum absolute atomic E-state index is 0.0590. The highest BCUT2D eigenvalue weighted by atomic mass is 32.1. The van der Waals surface area contributed by atoms with Crippen LogP contribution in [0.2, 0.25) is 0 Å². The first-order valence-corrected chi connectivity index (χ1v) is 7.54. The van der Waals surface area contributed by atoms with Crippen molar-refractivity contribution in [3.05, 3.63) is 21.9 Å². The van der Waals surface area contributed by atoms with Gasteiger partial charge in [0.2, 0.25) is 0 Å². The molecule has 0 bridgehead atoms. The zero-order chi connectivity index (χ0) is 13.2. The predicted molar refractivity (Wildman–Crippen MR) is 77.1 cm³/mol. The Morgan fingerprint density at radius 3 is 2.83 bits per heavy atom. The van der Waals surface area contributed by atoms with Crippen LogP contribution in [0.25, 0.3) is 0 Å². The number of ether oxygens (including phenoxy) is 1. The molecule has 1 unspecified atom stereocenters. The smallest absolute Gasteiger partial charge is 0.0753 e. The molecule has 2 rings (SSSR count). The lowest BCUT2D eigenvalue weighted by Crippen LogP contribution is -2.50. The summed E-state index contributed by atoms with van der Waals surface area (Å²) in [6.45, 7) is 9.91. The van der Waals surface area contributed by atoms with Crippen LogP contribution < -0.4 is 5.73 Å². The summed E-state index contributed by atoms with van der Waals surface area (Å²) in [5, 5.41) is 0. The summed E-state index contributed by atoms with van der Waals surface area (Å²) < 4.78 is 5.77. The second-order valence-electron chi connectivity index (χ2n) is 5.49. The number of thiophene rings is 1. The molecule has 0 aliphatic carbocycles. The summed E-state index contributed by atoms with van der Waals surface area (Å²) in [5.41, 5.74) is 5.94. The van der Waals surface area contributed by atoms with Crippen LogP contribution in [0.4, 0.5) is 0 Å². The lowest BCUT2D eigenvalue weighted by molar-refractivity contribution is -0.0964. The van der Waals surface area contributed by atoms with Gasteiger partial charge in [0, 0.05) is 29.4 Å². The normalized spacial score (nSPS) is 22.0. The van der Waals surface area contributed by atoms with Crippen molar-refractivity contribution in [1.29, 1.82) is 0 Å². The molecule has 4 heteroatoms. The van der Waals surface area contributed by atoms with Crippen LogP contribution in [0.3, 0.4) is 0 Å². The van der Waals surface area contributed by atoms with Gasteiger partial charge in [0.15, 0.2) is 0 Å². The van der Waals surface area contributed by atoms with E-state index < -0.39 is 0 Å². The van der Waals surface area contributed by atoms with Crippen molar-refractivity contribution in [2.24, 2.45) is 5.73 Å². The maximum absolute atomic E-state index is 6.00. The quantitative estimate of drug-likeness (QED) is 0.911. The second kappa shape index (κ2) is 5.70. The van der Waals surface area contributed by atoms with Crippen LogP contribution in [0, 0.1) is 0 Å². The van der Waals surface area contributed by atoms with E-state index in [4.69, 9.17) is 10.5 Å². The van der Waals surface area contributed by atoms with Gasteiger partial charge >= 0.3 is 0 Å². The van der Waals surface area contributed by atoms with Crippen LogP contribution in [-0.4, -0.2) is 36.7 Å². The van der Waals surface area contributed by atoms with E-state index in [-0.39, 0.29) is 5.60 Å². The predicted octanol–water partition coefficient (Wildman–Crippen LogP) is 2.42. The molecular weight excluding hydrogens is 244 g/mol. The van der Waals surface area contributed by atoms with Crippen LogP contribution in [-0.2, 0) is 11.2 Å². The molecule has 3 nitrogen and oxygen atoms in total. The van der Waals surface area contributed by atoms with Crippen LogP contribution in [0.5, 0.6) is 0 Å². The van der Waals surface area contributed by atoms with Gasteiger partial charge in [-0.25, -0.2) is 0 Å². The maximum Gasteiger partial charge on any atom is 0.0753 e. The molecule has 1 fully saturated rings. The number of morpholine rings is 1. The van der Waals surface area contributed by atoms with Gasteiger partial charge in [-0.3, -0.25) is 4.90 Å². The number of nitrogens with zero attached hydrogens (tertiary/aromatic N) is 1. The molecule has 0 spiro atoms. The Hall–Kier alpha value is -0.420. The molecule has 0 aromatic carbocycles. The first-order valence-electron chi connectivity index (χ1n) is 6.72. The van der Waals surface area contributed by atoms with Gasteiger partial charge in [-0.05, 0) is 32.4 Å². The van der Waals surface area contributed by atoms with Gasteiger partial charge in [-0.1, -0.05) is 6.92 Å². The van der Waals surface area contributed by atoms with E-state index in [1.54, 1.807) is 0 Å². The lowest BCUT2D eigenvalue weighted by Gasteiger charge is -2.41. The van der Waals surface area contributed by atoms with E-state index in [2.05, 4.69) is 37.8 Å². The molecule has 18 heavy (non-hydrogen) atoms. The Labute approximate surface area is 114 Å². The summed E-state index contributed by atoms with van der Waals surface area (Å²) in [6.07, 6.45) is 1.11. The number of aryl methyl sites for hydroxylation is 1. The molecular formula is C14H24N2OS. The highest BCUT2D eigenvalue weighted by molar-refractivity contribution is 7.12. The fourth-order valence-corrected chi connectivity index (χ4v) is 3.63. The Morgan fingerprint density at radius 2 is 2.28 bits per heavy atom. The zero-order valence-corrected chi connectivity index (χ0v) is 12.4. The van der Waals surface area contributed by atoms with Gasteiger partial charge in [0.05, 0.1) is 18.2 Å². The highest BCUT2D eigenvalue weighted by Gasteiger charge is 2.31. The SMILES string of the molecule is CCc1ccc(C(CN)N2CCOC(C)(C)C2)s1. The average molecular weight is 268 g/mol. The Morgan fingerprint density at radius 1 is 1.50 bits per heavy atom. The molecule has 1 aromatic rings. The molecule has 1 saturated heterocycles. The third-order valence-corrected chi connectivity index (χ3v) is 4.81. The fraction of sp³-hybridized carbons (Fsp3) is 0.714. The first kappa shape index (κ1) is 14.0. The van der Waals surface area contributed by atoms with Gasteiger partial charge in [-0.2, -0.15) is 0 Å². The van der Waals surface area contributed by atoms with Gasteiger partial charge in [0.1, 0.15) is 0 Å². The van der Waals surface area contributed by atoms with Crippen LogP contribution in [0.1, 0.15) is 36.6 Å². The summed E-state index contributed by atoms with van der Waals surface area (Å²) in [6, 6.07) is 4.82. The van der Waals surface area contributed by atoms with Gasteiger partial charge in [-0.15, -0.1) is 11.3 Å². The fourth-order valence-electron chi connectivity index (χ4n) is 2.53. The van der Waals surface area contributed by atoms with Crippen LogP contribution >= 0.6 is 11.3 Å². The largest absolute Gasteiger partial charge is 0.373 e. The molecule has 0 saturated carbocycles. The zero-order valence-electron chi connectivity index (χ0n) is 11.6. The van der Waals surface area contributed by atoms with Crippen LogP contribution in [0.15, 0.2) is 12.1 Å².